The Balaban J connectivity index is 1.62. The van der Waals surface area contributed by atoms with E-state index in [-0.39, 0.29) is 35.8 Å². The minimum Gasteiger partial charge on any atom is -0.491 e. The van der Waals surface area contributed by atoms with Crippen LogP contribution in [0.15, 0.2) is 42.7 Å². The van der Waals surface area contributed by atoms with E-state index in [9.17, 15) is 9.59 Å². The second kappa shape index (κ2) is 11.2. The average molecular weight is 481 g/mol. The highest BCUT2D eigenvalue weighted by Crippen LogP contribution is 2.32. The van der Waals surface area contributed by atoms with Crippen LogP contribution in [0.5, 0.6) is 5.75 Å². The van der Waals surface area contributed by atoms with Crippen LogP contribution < -0.4 is 10.1 Å². The van der Waals surface area contributed by atoms with Gasteiger partial charge in [-0.3, -0.25) is 19.5 Å². The average Bonchev–Trinajstić information content (AvgIpc) is 3.71. The number of amides is 2. The molecule has 188 valence electrons. The quantitative estimate of drug-likeness (QED) is 0.706. The van der Waals surface area contributed by atoms with Gasteiger partial charge < -0.3 is 19.7 Å². The summed E-state index contributed by atoms with van der Waals surface area (Å²) in [6.45, 7) is 6.71. The van der Waals surface area contributed by atoms with Crippen molar-refractivity contribution >= 4 is 17.5 Å². The maximum absolute atomic E-state index is 13.3. The molecule has 3 atom stereocenters. The Hall–Kier alpha value is -2.97. The third-order valence-electron chi connectivity index (χ3n) is 6.93. The maximum Gasteiger partial charge on any atom is 0.257 e. The van der Waals surface area contributed by atoms with Crippen molar-refractivity contribution in [1.29, 1.82) is 0 Å². The number of pyridine rings is 1. The number of benzene rings is 1. The summed E-state index contributed by atoms with van der Waals surface area (Å²) in [6, 6.07) is 9.41. The van der Waals surface area contributed by atoms with E-state index in [0.717, 1.165) is 25.9 Å². The van der Waals surface area contributed by atoms with Gasteiger partial charge >= 0.3 is 0 Å². The molecule has 1 aliphatic carbocycles. The number of carbonyl (C=O) groups is 2. The van der Waals surface area contributed by atoms with E-state index in [4.69, 9.17) is 9.47 Å². The fraction of sp³-hybridized carbons (Fsp3) is 0.519. The van der Waals surface area contributed by atoms with Gasteiger partial charge in [-0.05, 0) is 55.5 Å². The Bertz CT molecular complexity index is 1030. The van der Waals surface area contributed by atoms with E-state index in [0.29, 0.717) is 30.2 Å². The van der Waals surface area contributed by atoms with Gasteiger partial charge in [0.05, 0.1) is 11.7 Å². The molecule has 1 aliphatic heterocycles. The normalized spacial score (nSPS) is 24.1. The lowest BCUT2D eigenvalue weighted by molar-refractivity contribution is -0.117. The number of nitrogens with zero attached hydrogens (tertiary/aromatic N) is 3. The van der Waals surface area contributed by atoms with E-state index in [1.807, 2.05) is 24.5 Å². The predicted molar refractivity (Wildman–Crippen MR) is 134 cm³/mol. The number of aromatic nitrogens is 1. The first kappa shape index (κ1) is 25.1. The van der Waals surface area contributed by atoms with Crippen molar-refractivity contribution < 1.29 is 19.1 Å². The van der Waals surface area contributed by atoms with E-state index in [1.54, 1.807) is 37.3 Å². The molecule has 0 saturated heterocycles. The summed E-state index contributed by atoms with van der Waals surface area (Å²) >= 11 is 0. The van der Waals surface area contributed by atoms with E-state index >= 15 is 0 Å². The van der Waals surface area contributed by atoms with Gasteiger partial charge in [-0.1, -0.05) is 6.92 Å². The fourth-order valence-electron chi connectivity index (χ4n) is 4.46. The van der Waals surface area contributed by atoms with Crippen molar-refractivity contribution in [3.8, 4) is 5.75 Å². The van der Waals surface area contributed by atoms with Gasteiger partial charge in [-0.15, -0.1) is 0 Å². The summed E-state index contributed by atoms with van der Waals surface area (Å²) in [4.78, 5) is 33.8. The number of rotatable bonds is 5. The standard InChI is InChI=1S/C27H36N4O4/c1-18-14-31(15-20-9-11-28-12-10-20)19(2)17-35-24-13-22(29-26(32)21-5-6-21)7-8-23(24)27(33)30(3)16-25(18)34-4/h7-13,18-19,21,25H,5-6,14-17H2,1-4H3,(H,29,32)/t18-,19-,25+/m1/s1. The van der Waals surface area contributed by atoms with Gasteiger partial charge in [0.25, 0.3) is 5.91 Å². The summed E-state index contributed by atoms with van der Waals surface area (Å²) in [6.07, 6.45) is 5.36. The van der Waals surface area contributed by atoms with Crippen molar-refractivity contribution in [3.63, 3.8) is 0 Å². The molecule has 2 aliphatic rings. The monoisotopic (exact) mass is 480 g/mol. The molecule has 2 heterocycles. The topological polar surface area (TPSA) is 84.0 Å². The van der Waals surface area contributed by atoms with Crippen molar-refractivity contribution in [2.45, 2.75) is 45.4 Å². The predicted octanol–water partition coefficient (Wildman–Crippen LogP) is 3.44. The van der Waals surface area contributed by atoms with E-state index in [2.05, 4.69) is 29.0 Å². The summed E-state index contributed by atoms with van der Waals surface area (Å²) in [5.41, 5.74) is 2.30. The van der Waals surface area contributed by atoms with Gasteiger partial charge in [0, 0.05) is 69.9 Å². The van der Waals surface area contributed by atoms with Gasteiger partial charge in [0.1, 0.15) is 12.4 Å². The Morgan fingerprint density at radius 3 is 2.60 bits per heavy atom. The number of carbonyl (C=O) groups excluding carboxylic acids is 2. The van der Waals surface area contributed by atoms with Gasteiger partial charge in [-0.25, -0.2) is 0 Å². The molecule has 0 radical (unpaired) electrons. The third kappa shape index (κ3) is 6.38. The number of methoxy groups -OCH3 is 1. The Morgan fingerprint density at radius 1 is 1.17 bits per heavy atom. The molecular weight excluding hydrogens is 444 g/mol. The van der Waals surface area contributed by atoms with Crippen LogP contribution in [-0.4, -0.2) is 72.6 Å². The minimum atomic E-state index is -0.129. The molecule has 8 nitrogen and oxygen atoms in total. The summed E-state index contributed by atoms with van der Waals surface area (Å²) in [5.74, 6) is 0.665. The van der Waals surface area contributed by atoms with E-state index < -0.39 is 0 Å². The lowest BCUT2D eigenvalue weighted by Crippen LogP contribution is -2.46. The van der Waals surface area contributed by atoms with Crippen LogP contribution in [0.2, 0.25) is 0 Å². The highest BCUT2D eigenvalue weighted by Gasteiger charge is 2.31. The van der Waals surface area contributed by atoms with Crippen LogP contribution in [-0.2, 0) is 16.1 Å². The summed E-state index contributed by atoms with van der Waals surface area (Å²) < 4.78 is 12.1. The number of hydrogen-bond donors (Lipinski definition) is 1. The molecule has 1 saturated carbocycles. The van der Waals surface area contributed by atoms with Crippen LogP contribution in [0, 0.1) is 11.8 Å². The van der Waals surface area contributed by atoms with Crippen LogP contribution in [0.3, 0.4) is 0 Å². The summed E-state index contributed by atoms with van der Waals surface area (Å²) in [5, 5.41) is 2.96. The third-order valence-corrected chi connectivity index (χ3v) is 6.93. The molecule has 8 heteroatoms. The zero-order valence-corrected chi connectivity index (χ0v) is 21.1. The zero-order valence-electron chi connectivity index (χ0n) is 21.1. The first-order chi connectivity index (χ1) is 16.9. The smallest absolute Gasteiger partial charge is 0.257 e. The molecule has 4 rings (SSSR count). The van der Waals surface area contributed by atoms with Crippen LogP contribution in [0.1, 0.15) is 42.6 Å². The lowest BCUT2D eigenvalue weighted by Gasteiger charge is -2.36. The molecular formula is C27H36N4O4. The van der Waals surface area contributed by atoms with Crippen molar-refractivity contribution in [2.24, 2.45) is 11.8 Å². The van der Waals surface area contributed by atoms with Crippen LogP contribution >= 0.6 is 0 Å². The molecule has 1 aromatic heterocycles. The molecule has 2 aromatic rings. The number of fused-ring (bicyclic) bond motifs is 1. The molecule has 35 heavy (non-hydrogen) atoms. The number of likely N-dealkylation sites (N-methyl/N-ethyl adjacent to an activating group) is 1. The van der Waals surface area contributed by atoms with Gasteiger partial charge in [0.15, 0.2) is 0 Å². The van der Waals surface area contributed by atoms with Gasteiger partial charge in [0.2, 0.25) is 5.91 Å². The molecule has 0 unspecified atom stereocenters. The lowest BCUT2D eigenvalue weighted by atomic mass is 10.0. The second-order valence-corrected chi connectivity index (χ2v) is 9.86. The Morgan fingerprint density at radius 2 is 1.91 bits per heavy atom. The Kier molecular flexibility index (Phi) is 8.03. The molecule has 1 N–H and O–H groups in total. The van der Waals surface area contributed by atoms with Crippen LogP contribution in [0.4, 0.5) is 5.69 Å². The number of hydrogen-bond acceptors (Lipinski definition) is 6. The SMILES string of the molecule is CO[C@H]1CN(C)C(=O)c2ccc(NC(=O)C3CC3)cc2OC[C@@H](C)N(Cc2ccncc2)C[C@H]1C. The van der Waals surface area contributed by atoms with Crippen molar-refractivity contribution in [3.05, 3.63) is 53.9 Å². The highest BCUT2D eigenvalue weighted by molar-refractivity contribution is 5.99. The first-order valence-electron chi connectivity index (χ1n) is 12.3. The number of ether oxygens (including phenoxy) is 2. The molecule has 0 bridgehead atoms. The molecule has 1 aromatic carbocycles. The maximum atomic E-state index is 13.3. The largest absolute Gasteiger partial charge is 0.491 e. The second-order valence-electron chi connectivity index (χ2n) is 9.86. The van der Waals surface area contributed by atoms with E-state index in [1.165, 1.54) is 5.56 Å². The first-order valence-corrected chi connectivity index (χ1v) is 12.3. The highest BCUT2D eigenvalue weighted by atomic mass is 16.5. The molecule has 1 fully saturated rings. The summed E-state index contributed by atoms with van der Waals surface area (Å²) in [7, 11) is 3.49. The fourth-order valence-corrected chi connectivity index (χ4v) is 4.46. The minimum absolute atomic E-state index is 0.0235. The number of nitrogens with one attached hydrogen (secondary N) is 1. The van der Waals surface area contributed by atoms with Crippen molar-refractivity contribution in [2.75, 3.05) is 39.2 Å². The zero-order chi connectivity index (χ0) is 24.9. The van der Waals surface area contributed by atoms with Crippen LogP contribution in [0.25, 0.3) is 0 Å². The molecule has 0 spiro atoms. The van der Waals surface area contributed by atoms with Gasteiger partial charge in [-0.2, -0.15) is 0 Å². The molecule has 2 amide bonds. The van der Waals surface area contributed by atoms with Crippen molar-refractivity contribution in [1.82, 2.24) is 14.8 Å². The Labute approximate surface area is 207 Å². The number of anilines is 1.